The Morgan fingerprint density at radius 2 is 1.92 bits per heavy atom. The van der Waals surface area contributed by atoms with Gasteiger partial charge in [-0.3, -0.25) is 0 Å². The van der Waals surface area contributed by atoms with Crippen LogP contribution >= 0.6 is 0 Å². The van der Waals surface area contributed by atoms with E-state index in [2.05, 4.69) is 0 Å². The fourth-order valence-electron chi connectivity index (χ4n) is 0.842. The van der Waals surface area contributed by atoms with Crippen molar-refractivity contribution in [2.75, 3.05) is 0 Å². The number of carbonyl (C=O) groups is 1. The average molecular weight is 161 g/mol. The van der Waals surface area contributed by atoms with Gasteiger partial charge in [0.1, 0.15) is 0 Å². The highest BCUT2D eigenvalue weighted by atomic mass is 16.4. The third-order valence-electron chi connectivity index (χ3n) is 1.49. The molecule has 0 atom stereocenters. The van der Waals surface area contributed by atoms with Crippen LogP contribution in [0.15, 0.2) is 30.3 Å². The van der Waals surface area contributed by atoms with Crippen molar-refractivity contribution < 1.29 is 9.90 Å². The highest BCUT2D eigenvalue weighted by Crippen LogP contribution is 2.04. The van der Waals surface area contributed by atoms with Gasteiger partial charge in [-0.2, -0.15) is 0 Å². The highest BCUT2D eigenvalue weighted by molar-refractivity contribution is 5.83. The first-order valence-electron chi connectivity index (χ1n) is 3.64. The lowest BCUT2D eigenvalue weighted by atomic mass is 10.1. The van der Waals surface area contributed by atoms with Crippen LogP contribution in [0.5, 0.6) is 0 Å². The second kappa shape index (κ2) is 3.72. The van der Waals surface area contributed by atoms with Crippen LogP contribution in [0.25, 0.3) is 6.08 Å². The van der Waals surface area contributed by atoms with E-state index in [4.69, 9.17) is 0 Å². The molecule has 0 aliphatic heterocycles. The normalized spacial score (nSPS) is 10.4. The summed E-state index contributed by atoms with van der Waals surface area (Å²) < 4.78 is 0. The lowest BCUT2D eigenvalue weighted by Gasteiger charge is -1.94. The van der Waals surface area contributed by atoms with Gasteiger partial charge in [0.25, 0.3) is 0 Å². The average Bonchev–Trinajstić information content (AvgIpc) is 2.03. The molecule has 0 aliphatic carbocycles. The number of aliphatic carboxylic acids is 1. The summed E-state index contributed by atoms with van der Waals surface area (Å²) in [6.07, 6.45) is 2.53. The number of benzene rings is 1. The van der Waals surface area contributed by atoms with E-state index >= 15 is 0 Å². The molecule has 62 valence electrons. The van der Waals surface area contributed by atoms with E-state index in [1.807, 2.05) is 31.2 Å². The van der Waals surface area contributed by atoms with Gasteiger partial charge in [0, 0.05) is 0 Å². The Bertz CT molecular complexity index is 296. The van der Waals surface area contributed by atoms with Crippen molar-refractivity contribution in [3.63, 3.8) is 0 Å². The standard InChI is InChI=1S/C10H10O2/c1-8-2-4-9(5-3-8)6-7-10(11)12/h2-7H,1H3,(H,11,12)/p-1/b7-6+. The molecule has 0 aromatic heterocycles. The van der Waals surface area contributed by atoms with Gasteiger partial charge in [-0.1, -0.05) is 35.9 Å². The summed E-state index contributed by atoms with van der Waals surface area (Å²) >= 11 is 0. The van der Waals surface area contributed by atoms with E-state index in [1.165, 1.54) is 6.08 Å². The fraction of sp³-hybridized carbons (Fsp3) is 0.100. The van der Waals surface area contributed by atoms with Gasteiger partial charge in [0.05, 0.1) is 5.97 Å². The smallest absolute Gasteiger partial charge is 0.0643 e. The van der Waals surface area contributed by atoms with Gasteiger partial charge in [0.15, 0.2) is 0 Å². The predicted molar refractivity (Wildman–Crippen MR) is 45.2 cm³/mol. The van der Waals surface area contributed by atoms with Crippen LogP contribution in [0.2, 0.25) is 0 Å². The maximum absolute atomic E-state index is 10.0. The van der Waals surface area contributed by atoms with Gasteiger partial charge in [-0.05, 0) is 18.6 Å². The Kier molecular flexibility index (Phi) is 2.64. The van der Waals surface area contributed by atoms with Gasteiger partial charge < -0.3 is 9.90 Å². The zero-order valence-corrected chi connectivity index (χ0v) is 6.78. The molecule has 0 radical (unpaired) electrons. The largest absolute Gasteiger partial charge is 0.545 e. The molecule has 0 fully saturated rings. The summed E-state index contributed by atoms with van der Waals surface area (Å²) in [5, 5.41) is 10.0. The first-order valence-corrected chi connectivity index (χ1v) is 3.64. The summed E-state index contributed by atoms with van der Waals surface area (Å²) in [7, 11) is 0. The molecule has 12 heavy (non-hydrogen) atoms. The number of rotatable bonds is 2. The molecule has 0 spiro atoms. The fourth-order valence-corrected chi connectivity index (χ4v) is 0.842. The number of hydrogen-bond donors (Lipinski definition) is 0. The molecule has 0 N–H and O–H groups in total. The number of aryl methyl sites for hydroxylation is 1. The maximum atomic E-state index is 10.0. The predicted octanol–water partition coefficient (Wildman–Crippen LogP) is 0.758. The summed E-state index contributed by atoms with van der Waals surface area (Å²) in [4.78, 5) is 10.0. The Morgan fingerprint density at radius 1 is 1.33 bits per heavy atom. The minimum Gasteiger partial charge on any atom is -0.545 e. The second-order valence-electron chi connectivity index (χ2n) is 2.56. The van der Waals surface area contributed by atoms with E-state index in [0.29, 0.717) is 0 Å². The molecule has 1 rings (SSSR count). The molecule has 2 heteroatoms. The molecule has 1 aromatic rings. The van der Waals surface area contributed by atoms with E-state index in [1.54, 1.807) is 0 Å². The van der Waals surface area contributed by atoms with Crippen LogP contribution in [-0.2, 0) is 4.79 Å². The summed E-state index contributed by atoms with van der Waals surface area (Å²) in [5.74, 6) is -1.17. The quantitative estimate of drug-likeness (QED) is 0.601. The summed E-state index contributed by atoms with van der Waals surface area (Å²) in [6.45, 7) is 1.98. The van der Waals surface area contributed by atoms with Crippen LogP contribution < -0.4 is 5.11 Å². The summed E-state index contributed by atoms with van der Waals surface area (Å²) in [5.41, 5.74) is 2.02. The van der Waals surface area contributed by atoms with Crippen LogP contribution in [0.1, 0.15) is 11.1 Å². The molecule has 0 bridgehead atoms. The third-order valence-corrected chi connectivity index (χ3v) is 1.49. The maximum Gasteiger partial charge on any atom is 0.0643 e. The van der Waals surface area contributed by atoms with Crippen LogP contribution in [0.4, 0.5) is 0 Å². The Hall–Kier alpha value is -1.57. The topological polar surface area (TPSA) is 40.1 Å². The molecule has 0 aliphatic rings. The van der Waals surface area contributed by atoms with Gasteiger partial charge in [0.2, 0.25) is 0 Å². The molecule has 0 unspecified atom stereocenters. The highest BCUT2D eigenvalue weighted by Gasteiger charge is 1.85. The molecule has 0 heterocycles. The zero-order valence-electron chi connectivity index (χ0n) is 6.78. The second-order valence-corrected chi connectivity index (χ2v) is 2.56. The van der Waals surface area contributed by atoms with Crippen molar-refractivity contribution in [3.8, 4) is 0 Å². The van der Waals surface area contributed by atoms with Crippen molar-refractivity contribution in [2.45, 2.75) is 6.92 Å². The van der Waals surface area contributed by atoms with Gasteiger partial charge >= 0.3 is 0 Å². The molecular formula is C10H9O2-. The SMILES string of the molecule is Cc1ccc(/C=C/C(=O)[O-])cc1. The number of carboxylic acid groups (broad SMARTS) is 1. The molecule has 2 nitrogen and oxygen atoms in total. The lowest BCUT2D eigenvalue weighted by Crippen LogP contribution is -2.18. The molecule has 0 saturated heterocycles. The van der Waals surface area contributed by atoms with Crippen LogP contribution in [0.3, 0.4) is 0 Å². The Balaban J connectivity index is 2.77. The summed E-state index contributed by atoms with van der Waals surface area (Å²) in [6, 6.07) is 7.56. The van der Waals surface area contributed by atoms with Gasteiger partial charge in [-0.25, -0.2) is 0 Å². The van der Waals surface area contributed by atoms with Crippen molar-refractivity contribution in [1.29, 1.82) is 0 Å². The van der Waals surface area contributed by atoms with Crippen molar-refractivity contribution >= 4 is 12.0 Å². The molecular weight excluding hydrogens is 152 g/mol. The number of carboxylic acids is 1. The van der Waals surface area contributed by atoms with E-state index < -0.39 is 5.97 Å². The Morgan fingerprint density at radius 3 is 2.42 bits per heavy atom. The lowest BCUT2D eigenvalue weighted by molar-refractivity contribution is -0.297. The Labute approximate surface area is 71.2 Å². The number of hydrogen-bond acceptors (Lipinski definition) is 2. The number of carbonyl (C=O) groups excluding carboxylic acids is 1. The van der Waals surface area contributed by atoms with E-state index in [-0.39, 0.29) is 0 Å². The molecule has 0 amide bonds. The monoisotopic (exact) mass is 161 g/mol. The molecule has 1 aromatic carbocycles. The van der Waals surface area contributed by atoms with E-state index in [0.717, 1.165) is 17.2 Å². The van der Waals surface area contributed by atoms with E-state index in [9.17, 15) is 9.90 Å². The zero-order chi connectivity index (χ0) is 8.97. The van der Waals surface area contributed by atoms with Crippen molar-refractivity contribution in [3.05, 3.63) is 41.5 Å². The minimum atomic E-state index is -1.17. The first kappa shape index (κ1) is 8.53. The third kappa shape index (κ3) is 2.58. The van der Waals surface area contributed by atoms with Crippen molar-refractivity contribution in [2.24, 2.45) is 0 Å². The van der Waals surface area contributed by atoms with Crippen molar-refractivity contribution in [1.82, 2.24) is 0 Å². The molecule has 0 saturated carbocycles. The van der Waals surface area contributed by atoms with Crippen LogP contribution in [0, 0.1) is 6.92 Å². The minimum absolute atomic E-state index is 0.866. The first-order chi connectivity index (χ1) is 5.68. The van der Waals surface area contributed by atoms with Crippen LogP contribution in [-0.4, -0.2) is 5.97 Å². The van der Waals surface area contributed by atoms with Gasteiger partial charge in [-0.15, -0.1) is 0 Å².